The van der Waals surface area contributed by atoms with Gasteiger partial charge in [-0.05, 0) is 12.1 Å². The Morgan fingerprint density at radius 2 is 1.94 bits per heavy atom. The molecule has 0 atom stereocenters. The molecule has 1 heterocycles. The van der Waals surface area contributed by atoms with E-state index in [0.29, 0.717) is 5.15 Å². The molecule has 17 heavy (non-hydrogen) atoms. The zero-order valence-corrected chi connectivity index (χ0v) is 11.9. The van der Waals surface area contributed by atoms with E-state index < -0.39 is 0 Å². The lowest BCUT2D eigenvalue weighted by atomic mass is 10.2. The SMILES string of the molecule is CC(C)(C)SCc1cc2ccccc2nc1Cl. The van der Waals surface area contributed by atoms with Gasteiger partial charge in [-0.3, -0.25) is 0 Å². The third kappa shape index (κ3) is 3.36. The van der Waals surface area contributed by atoms with Crippen molar-refractivity contribution in [2.24, 2.45) is 0 Å². The summed E-state index contributed by atoms with van der Waals surface area (Å²) in [5.41, 5.74) is 2.08. The van der Waals surface area contributed by atoms with Gasteiger partial charge >= 0.3 is 0 Å². The van der Waals surface area contributed by atoms with Crippen molar-refractivity contribution in [1.29, 1.82) is 0 Å². The number of benzene rings is 1. The molecule has 0 aliphatic heterocycles. The van der Waals surface area contributed by atoms with Crippen molar-refractivity contribution in [3.8, 4) is 0 Å². The standard InChI is InChI=1S/C14H16ClNS/c1-14(2,3)17-9-11-8-10-6-4-5-7-12(10)16-13(11)15/h4-8H,9H2,1-3H3. The van der Waals surface area contributed by atoms with Crippen LogP contribution in [0.25, 0.3) is 10.9 Å². The van der Waals surface area contributed by atoms with E-state index in [9.17, 15) is 0 Å². The molecule has 0 fully saturated rings. The van der Waals surface area contributed by atoms with Gasteiger partial charge in [-0.1, -0.05) is 50.6 Å². The summed E-state index contributed by atoms with van der Waals surface area (Å²) in [6.45, 7) is 6.63. The predicted molar refractivity (Wildman–Crippen MR) is 77.8 cm³/mol. The van der Waals surface area contributed by atoms with Crippen molar-refractivity contribution in [2.75, 3.05) is 0 Å². The minimum atomic E-state index is 0.245. The van der Waals surface area contributed by atoms with Gasteiger partial charge in [-0.15, -0.1) is 0 Å². The molecule has 0 bridgehead atoms. The molecule has 90 valence electrons. The minimum Gasteiger partial charge on any atom is -0.236 e. The molecule has 0 aliphatic rings. The lowest BCUT2D eigenvalue weighted by Gasteiger charge is -2.17. The van der Waals surface area contributed by atoms with Crippen molar-refractivity contribution >= 4 is 34.3 Å². The van der Waals surface area contributed by atoms with Crippen LogP contribution in [0.5, 0.6) is 0 Å². The number of hydrogen-bond acceptors (Lipinski definition) is 2. The summed E-state index contributed by atoms with van der Waals surface area (Å²) in [5, 5.41) is 1.78. The first-order chi connectivity index (χ1) is 7.96. The van der Waals surface area contributed by atoms with E-state index in [-0.39, 0.29) is 4.75 Å². The van der Waals surface area contributed by atoms with Crippen LogP contribution in [0.1, 0.15) is 26.3 Å². The molecule has 3 heteroatoms. The lowest BCUT2D eigenvalue weighted by Crippen LogP contribution is -2.07. The molecular weight excluding hydrogens is 250 g/mol. The van der Waals surface area contributed by atoms with E-state index in [2.05, 4.69) is 37.9 Å². The third-order valence-electron chi connectivity index (χ3n) is 2.41. The van der Waals surface area contributed by atoms with E-state index in [1.165, 1.54) is 0 Å². The highest BCUT2D eigenvalue weighted by atomic mass is 35.5. The van der Waals surface area contributed by atoms with E-state index >= 15 is 0 Å². The van der Waals surface area contributed by atoms with Crippen LogP contribution in [-0.2, 0) is 5.75 Å². The fourth-order valence-corrected chi connectivity index (χ4v) is 2.63. The molecule has 0 saturated heterocycles. The highest BCUT2D eigenvalue weighted by Crippen LogP contribution is 2.30. The summed E-state index contributed by atoms with van der Waals surface area (Å²) in [6.07, 6.45) is 0. The van der Waals surface area contributed by atoms with Crippen LogP contribution in [0.2, 0.25) is 5.15 Å². The van der Waals surface area contributed by atoms with Gasteiger partial charge in [0.2, 0.25) is 0 Å². The van der Waals surface area contributed by atoms with E-state index in [1.807, 2.05) is 30.0 Å². The molecule has 1 aromatic heterocycles. The quantitative estimate of drug-likeness (QED) is 0.715. The second-order valence-corrected chi connectivity index (χ2v) is 7.19. The van der Waals surface area contributed by atoms with E-state index in [4.69, 9.17) is 11.6 Å². The summed E-state index contributed by atoms with van der Waals surface area (Å²) in [6, 6.07) is 10.2. The maximum atomic E-state index is 6.21. The molecule has 0 saturated carbocycles. The Morgan fingerprint density at radius 1 is 1.24 bits per heavy atom. The predicted octanol–water partition coefficient (Wildman–Crippen LogP) is 4.92. The number of rotatable bonds is 2. The lowest BCUT2D eigenvalue weighted by molar-refractivity contribution is 0.802. The molecule has 0 radical (unpaired) electrons. The van der Waals surface area contributed by atoms with E-state index in [1.54, 1.807) is 0 Å². The molecule has 1 nitrogen and oxygen atoms in total. The average Bonchev–Trinajstić information content (AvgIpc) is 2.25. The van der Waals surface area contributed by atoms with Gasteiger partial charge in [-0.2, -0.15) is 11.8 Å². The second-order valence-electron chi connectivity index (χ2n) is 5.03. The molecular formula is C14H16ClNS. The number of para-hydroxylation sites is 1. The van der Waals surface area contributed by atoms with Crippen LogP contribution < -0.4 is 0 Å². The normalized spacial score (nSPS) is 12.0. The van der Waals surface area contributed by atoms with Gasteiger partial charge in [-0.25, -0.2) is 4.98 Å². The number of aromatic nitrogens is 1. The van der Waals surface area contributed by atoms with Crippen LogP contribution in [0, 0.1) is 0 Å². The van der Waals surface area contributed by atoms with Crippen LogP contribution in [0.4, 0.5) is 0 Å². The van der Waals surface area contributed by atoms with Crippen LogP contribution in [0.3, 0.4) is 0 Å². The molecule has 0 amide bonds. The molecule has 0 aliphatic carbocycles. The fourth-order valence-electron chi connectivity index (χ4n) is 1.53. The maximum Gasteiger partial charge on any atom is 0.133 e. The smallest absolute Gasteiger partial charge is 0.133 e. The van der Waals surface area contributed by atoms with Crippen LogP contribution in [0.15, 0.2) is 30.3 Å². The summed E-state index contributed by atoms with van der Waals surface area (Å²) >= 11 is 8.09. The molecule has 0 unspecified atom stereocenters. The van der Waals surface area contributed by atoms with Gasteiger partial charge in [0, 0.05) is 21.4 Å². The second kappa shape index (κ2) is 4.87. The van der Waals surface area contributed by atoms with Gasteiger partial charge in [0.15, 0.2) is 0 Å². The molecule has 2 rings (SSSR count). The largest absolute Gasteiger partial charge is 0.236 e. The van der Waals surface area contributed by atoms with Gasteiger partial charge < -0.3 is 0 Å². The number of pyridine rings is 1. The Kier molecular flexibility index (Phi) is 3.64. The Morgan fingerprint density at radius 3 is 2.65 bits per heavy atom. The Labute approximate surface area is 112 Å². The highest BCUT2D eigenvalue weighted by molar-refractivity contribution is 7.99. The van der Waals surface area contributed by atoms with Crippen LogP contribution in [-0.4, -0.2) is 9.73 Å². The van der Waals surface area contributed by atoms with Crippen molar-refractivity contribution in [2.45, 2.75) is 31.3 Å². The average molecular weight is 266 g/mol. The van der Waals surface area contributed by atoms with Crippen molar-refractivity contribution in [1.82, 2.24) is 4.98 Å². The molecule has 1 aromatic carbocycles. The van der Waals surface area contributed by atoms with Gasteiger partial charge in [0.1, 0.15) is 5.15 Å². The molecule has 2 aromatic rings. The summed E-state index contributed by atoms with van der Waals surface area (Å²) in [7, 11) is 0. The first-order valence-corrected chi connectivity index (χ1v) is 7.00. The third-order valence-corrected chi connectivity index (χ3v) is 4.06. The topological polar surface area (TPSA) is 12.9 Å². The van der Waals surface area contributed by atoms with Crippen LogP contribution >= 0.6 is 23.4 Å². The highest BCUT2D eigenvalue weighted by Gasteiger charge is 2.12. The monoisotopic (exact) mass is 265 g/mol. The first kappa shape index (κ1) is 12.7. The van der Waals surface area contributed by atoms with E-state index in [0.717, 1.165) is 22.2 Å². The Hall–Kier alpha value is -0.730. The number of hydrogen-bond donors (Lipinski definition) is 0. The number of thioether (sulfide) groups is 1. The minimum absolute atomic E-state index is 0.245. The number of nitrogens with zero attached hydrogens (tertiary/aromatic N) is 1. The molecule has 0 spiro atoms. The summed E-state index contributed by atoms with van der Waals surface area (Å²) in [4.78, 5) is 4.43. The zero-order valence-electron chi connectivity index (χ0n) is 10.3. The number of halogens is 1. The van der Waals surface area contributed by atoms with Crippen molar-refractivity contribution < 1.29 is 0 Å². The summed E-state index contributed by atoms with van der Waals surface area (Å²) in [5.74, 6) is 0.903. The zero-order chi connectivity index (χ0) is 12.5. The molecule has 0 N–H and O–H groups in total. The van der Waals surface area contributed by atoms with Gasteiger partial charge in [0.25, 0.3) is 0 Å². The van der Waals surface area contributed by atoms with Crippen molar-refractivity contribution in [3.05, 3.63) is 41.0 Å². The Balaban J connectivity index is 2.31. The maximum absolute atomic E-state index is 6.21. The number of fused-ring (bicyclic) bond motifs is 1. The summed E-state index contributed by atoms with van der Waals surface area (Å²) < 4.78 is 0.245. The first-order valence-electron chi connectivity index (χ1n) is 5.64. The van der Waals surface area contributed by atoms with Gasteiger partial charge in [0.05, 0.1) is 5.52 Å². The fraction of sp³-hybridized carbons (Fsp3) is 0.357. The van der Waals surface area contributed by atoms with Crippen molar-refractivity contribution in [3.63, 3.8) is 0 Å². The Bertz CT molecular complexity index is 531.